The Balaban J connectivity index is 0.00000242. The molecule has 1 saturated heterocycles. The van der Waals surface area contributed by atoms with E-state index in [0.717, 1.165) is 19.4 Å². The number of hydrogen-bond donors (Lipinski definition) is 2. The Morgan fingerprint density at radius 3 is 2.86 bits per heavy atom. The summed E-state index contributed by atoms with van der Waals surface area (Å²) in [5.41, 5.74) is 1.28. The van der Waals surface area contributed by atoms with Crippen LogP contribution in [0.1, 0.15) is 12.0 Å². The van der Waals surface area contributed by atoms with Gasteiger partial charge >= 0.3 is 0 Å². The van der Waals surface area contributed by atoms with E-state index in [-0.39, 0.29) is 24.4 Å². The summed E-state index contributed by atoms with van der Waals surface area (Å²) in [7, 11) is 0. The molecule has 0 spiro atoms. The normalized spacial score (nSPS) is 17.5. The summed E-state index contributed by atoms with van der Waals surface area (Å²) >= 11 is 0. The van der Waals surface area contributed by atoms with E-state index in [2.05, 4.69) is 22.8 Å². The zero-order valence-electron chi connectivity index (χ0n) is 12.8. The van der Waals surface area contributed by atoms with Crippen LogP contribution in [0.3, 0.4) is 0 Å². The van der Waals surface area contributed by atoms with Crippen LogP contribution >= 0.6 is 12.4 Å². The van der Waals surface area contributed by atoms with Gasteiger partial charge in [-0.25, -0.2) is 0 Å². The lowest BCUT2D eigenvalue weighted by Crippen LogP contribution is -2.48. The summed E-state index contributed by atoms with van der Waals surface area (Å²) in [6, 6.07) is 10.3. The molecule has 1 atom stereocenters. The number of carbonyl (C=O) groups is 1. The first-order valence-corrected chi connectivity index (χ1v) is 7.58. The molecule has 5 nitrogen and oxygen atoms in total. The fraction of sp³-hybridized carbons (Fsp3) is 0.562. The molecule has 6 heteroatoms. The standard InChI is InChI=1S/C16H24N2O3.ClH/c19-16(15-13-17-9-12-21-15)18-8-4-10-20-11-7-14-5-2-1-3-6-14;/h1-3,5-6,15,17H,4,7-13H2,(H,18,19);1H. The fourth-order valence-corrected chi connectivity index (χ4v) is 2.17. The Kier molecular flexibility index (Phi) is 9.82. The molecule has 0 aliphatic carbocycles. The van der Waals surface area contributed by atoms with Crippen LogP contribution in [0.4, 0.5) is 0 Å². The molecule has 0 radical (unpaired) electrons. The molecular formula is C16H25ClN2O3. The lowest BCUT2D eigenvalue weighted by molar-refractivity contribution is -0.134. The van der Waals surface area contributed by atoms with Gasteiger partial charge < -0.3 is 20.1 Å². The molecule has 124 valence electrons. The number of rotatable bonds is 8. The molecule has 1 aromatic rings. The summed E-state index contributed by atoms with van der Waals surface area (Å²) in [4.78, 5) is 11.8. The van der Waals surface area contributed by atoms with E-state index in [1.54, 1.807) is 0 Å². The van der Waals surface area contributed by atoms with E-state index in [0.29, 0.717) is 32.9 Å². The second-order valence-corrected chi connectivity index (χ2v) is 5.06. The minimum atomic E-state index is -0.349. The predicted molar refractivity (Wildman–Crippen MR) is 88.4 cm³/mol. The average molecular weight is 329 g/mol. The molecule has 1 aliphatic heterocycles. The first kappa shape index (κ1) is 18.9. The lowest BCUT2D eigenvalue weighted by atomic mass is 10.2. The Labute approximate surface area is 138 Å². The van der Waals surface area contributed by atoms with Crippen molar-refractivity contribution < 1.29 is 14.3 Å². The molecule has 22 heavy (non-hydrogen) atoms. The number of amides is 1. The van der Waals surface area contributed by atoms with Gasteiger partial charge in [0, 0.05) is 26.2 Å². The van der Waals surface area contributed by atoms with E-state index >= 15 is 0 Å². The van der Waals surface area contributed by atoms with Gasteiger partial charge in [-0.15, -0.1) is 12.4 Å². The Bertz CT molecular complexity index is 411. The summed E-state index contributed by atoms with van der Waals surface area (Å²) in [6.45, 7) is 4.02. The monoisotopic (exact) mass is 328 g/mol. The van der Waals surface area contributed by atoms with Gasteiger partial charge in [-0.1, -0.05) is 30.3 Å². The quantitative estimate of drug-likeness (QED) is 0.703. The zero-order valence-corrected chi connectivity index (χ0v) is 13.6. The van der Waals surface area contributed by atoms with Gasteiger partial charge in [0.15, 0.2) is 0 Å². The van der Waals surface area contributed by atoms with Crippen LogP contribution in [-0.2, 0) is 20.7 Å². The van der Waals surface area contributed by atoms with Crippen LogP contribution in [0.2, 0.25) is 0 Å². The van der Waals surface area contributed by atoms with E-state index in [1.807, 2.05) is 18.2 Å². The van der Waals surface area contributed by atoms with Crippen molar-refractivity contribution >= 4 is 18.3 Å². The third-order valence-electron chi connectivity index (χ3n) is 3.36. The summed E-state index contributed by atoms with van der Waals surface area (Å²) in [6.07, 6.45) is 1.40. The maximum Gasteiger partial charge on any atom is 0.250 e. The highest BCUT2D eigenvalue weighted by Crippen LogP contribution is 2.00. The van der Waals surface area contributed by atoms with Crippen molar-refractivity contribution in [2.24, 2.45) is 0 Å². The van der Waals surface area contributed by atoms with Crippen molar-refractivity contribution in [1.29, 1.82) is 0 Å². The molecule has 1 amide bonds. The van der Waals surface area contributed by atoms with E-state index < -0.39 is 0 Å². The lowest BCUT2D eigenvalue weighted by Gasteiger charge is -2.22. The number of morpholine rings is 1. The van der Waals surface area contributed by atoms with Crippen LogP contribution in [-0.4, -0.2) is 51.5 Å². The van der Waals surface area contributed by atoms with Gasteiger partial charge in [0.2, 0.25) is 5.91 Å². The van der Waals surface area contributed by atoms with Gasteiger partial charge in [-0.2, -0.15) is 0 Å². The largest absolute Gasteiger partial charge is 0.381 e. The predicted octanol–water partition coefficient (Wildman–Crippen LogP) is 1.16. The number of ether oxygens (including phenoxy) is 2. The van der Waals surface area contributed by atoms with Crippen molar-refractivity contribution in [3.63, 3.8) is 0 Å². The van der Waals surface area contributed by atoms with Gasteiger partial charge in [0.25, 0.3) is 0 Å². The van der Waals surface area contributed by atoms with Crippen molar-refractivity contribution in [3.8, 4) is 0 Å². The highest BCUT2D eigenvalue weighted by molar-refractivity contribution is 5.85. The Morgan fingerprint density at radius 2 is 2.14 bits per heavy atom. The highest BCUT2D eigenvalue weighted by atomic mass is 35.5. The van der Waals surface area contributed by atoms with Gasteiger partial charge in [-0.05, 0) is 18.4 Å². The third-order valence-corrected chi connectivity index (χ3v) is 3.36. The van der Waals surface area contributed by atoms with E-state index in [1.165, 1.54) is 5.56 Å². The number of halogens is 1. The molecule has 2 N–H and O–H groups in total. The van der Waals surface area contributed by atoms with Crippen LogP contribution in [0.25, 0.3) is 0 Å². The zero-order chi connectivity index (χ0) is 14.8. The fourth-order valence-electron chi connectivity index (χ4n) is 2.17. The van der Waals surface area contributed by atoms with Crippen molar-refractivity contribution in [1.82, 2.24) is 10.6 Å². The van der Waals surface area contributed by atoms with Crippen LogP contribution < -0.4 is 10.6 Å². The Morgan fingerprint density at radius 1 is 1.32 bits per heavy atom. The summed E-state index contributed by atoms with van der Waals surface area (Å²) < 4.78 is 10.9. The number of nitrogens with one attached hydrogen (secondary N) is 2. The molecular weight excluding hydrogens is 304 g/mol. The second-order valence-electron chi connectivity index (χ2n) is 5.06. The molecule has 2 rings (SSSR count). The minimum Gasteiger partial charge on any atom is -0.381 e. The summed E-state index contributed by atoms with van der Waals surface area (Å²) in [5, 5.41) is 6.02. The van der Waals surface area contributed by atoms with Crippen molar-refractivity contribution in [2.75, 3.05) is 39.5 Å². The maximum absolute atomic E-state index is 11.8. The number of benzene rings is 1. The first-order valence-electron chi connectivity index (χ1n) is 7.58. The van der Waals surface area contributed by atoms with Gasteiger partial charge in [0.1, 0.15) is 6.10 Å². The molecule has 0 aromatic heterocycles. The smallest absolute Gasteiger partial charge is 0.250 e. The highest BCUT2D eigenvalue weighted by Gasteiger charge is 2.20. The Hall–Kier alpha value is -1.14. The average Bonchev–Trinajstić information content (AvgIpc) is 2.55. The van der Waals surface area contributed by atoms with Crippen LogP contribution in [0, 0.1) is 0 Å². The molecule has 1 heterocycles. The van der Waals surface area contributed by atoms with Gasteiger partial charge in [-0.3, -0.25) is 4.79 Å². The number of hydrogen-bond acceptors (Lipinski definition) is 4. The van der Waals surface area contributed by atoms with Crippen LogP contribution in [0.5, 0.6) is 0 Å². The topological polar surface area (TPSA) is 59.6 Å². The SMILES string of the molecule is Cl.O=C(NCCCOCCc1ccccc1)C1CNCCO1. The third kappa shape index (κ3) is 7.22. The molecule has 1 unspecified atom stereocenters. The molecule has 1 aliphatic rings. The molecule has 1 aromatic carbocycles. The van der Waals surface area contributed by atoms with E-state index in [9.17, 15) is 4.79 Å². The summed E-state index contributed by atoms with van der Waals surface area (Å²) in [5.74, 6) is -0.0357. The maximum atomic E-state index is 11.8. The van der Waals surface area contributed by atoms with Crippen molar-refractivity contribution in [2.45, 2.75) is 18.9 Å². The molecule has 0 bridgehead atoms. The molecule has 1 fully saturated rings. The number of carbonyl (C=O) groups excluding carboxylic acids is 1. The second kappa shape index (κ2) is 11.4. The first-order chi connectivity index (χ1) is 10.4. The minimum absolute atomic E-state index is 0. The van der Waals surface area contributed by atoms with Crippen LogP contribution in [0.15, 0.2) is 30.3 Å². The van der Waals surface area contributed by atoms with Crippen molar-refractivity contribution in [3.05, 3.63) is 35.9 Å². The van der Waals surface area contributed by atoms with Gasteiger partial charge in [0.05, 0.1) is 13.2 Å². The molecule has 0 saturated carbocycles. The van der Waals surface area contributed by atoms with E-state index in [4.69, 9.17) is 9.47 Å².